The molecule has 3 rings (SSSR count). The van der Waals surface area contributed by atoms with Crippen LogP contribution in [-0.4, -0.2) is 55.9 Å². The molecule has 0 spiro atoms. The lowest BCUT2D eigenvalue weighted by Gasteiger charge is -2.26. The summed E-state index contributed by atoms with van der Waals surface area (Å²) in [6, 6.07) is 12.6. The third-order valence-electron chi connectivity index (χ3n) is 5.39. The molecule has 1 N–H and O–H groups in total. The minimum atomic E-state index is -4.24. The van der Waals surface area contributed by atoms with Crippen molar-refractivity contribution in [1.82, 2.24) is 5.32 Å². The number of methoxy groups -OCH3 is 4. The number of sulfonamides is 1. The van der Waals surface area contributed by atoms with Gasteiger partial charge in [-0.1, -0.05) is 0 Å². The van der Waals surface area contributed by atoms with Gasteiger partial charge in [-0.25, -0.2) is 8.42 Å². The molecular formula is C25H30N2O8S. The van der Waals surface area contributed by atoms with Crippen molar-refractivity contribution in [2.45, 2.75) is 17.7 Å². The van der Waals surface area contributed by atoms with Gasteiger partial charge in [0.2, 0.25) is 5.91 Å². The topological polar surface area (TPSA) is 117 Å². The van der Waals surface area contributed by atoms with Crippen molar-refractivity contribution >= 4 is 21.6 Å². The number of aryl methyl sites for hydroxylation is 1. The van der Waals surface area contributed by atoms with Crippen LogP contribution in [0.2, 0.25) is 0 Å². The first kappa shape index (κ1) is 26.7. The lowest BCUT2D eigenvalue weighted by molar-refractivity contribution is -0.119. The Morgan fingerprint density at radius 1 is 0.917 bits per heavy atom. The molecule has 0 aliphatic heterocycles. The summed E-state index contributed by atoms with van der Waals surface area (Å²) >= 11 is 0. The third kappa shape index (κ3) is 6.22. The first-order chi connectivity index (χ1) is 17.3. The molecule has 11 heteroatoms. The molecule has 36 heavy (non-hydrogen) atoms. The third-order valence-corrected chi connectivity index (χ3v) is 7.14. The average Bonchev–Trinajstić information content (AvgIpc) is 3.42. The molecule has 0 atom stereocenters. The molecule has 0 bridgehead atoms. The van der Waals surface area contributed by atoms with E-state index in [0.717, 1.165) is 10.1 Å². The van der Waals surface area contributed by atoms with E-state index in [1.54, 1.807) is 24.5 Å². The summed E-state index contributed by atoms with van der Waals surface area (Å²) in [5, 5.41) is 2.77. The second-order valence-corrected chi connectivity index (χ2v) is 9.46. The molecule has 0 fully saturated rings. The number of carbonyl (C=O) groups excluding carboxylic acids is 1. The molecule has 0 saturated carbocycles. The summed E-state index contributed by atoms with van der Waals surface area (Å²) in [5.74, 6) is 1.59. The maximum absolute atomic E-state index is 13.8. The lowest BCUT2D eigenvalue weighted by Crippen LogP contribution is -2.41. The molecule has 1 aromatic heterocycles. The summed E-state index contributed by atoms with van der Waals surface area (Å²) in [4.78, 5) is 12.8. The predicted molar refractivity (Wildman–Crippen MR) is 134 cm³/mol. The standard InChI is InChI=1S/C25H30N2O8S/c1-31-19-9-11-22(32-2)21(15-19)27(17-25(28)26-13-5-7-18-8-6-14-35-18)36(29,30)20-10-12-23(33-3)24(16-20)34-4/h6,8-12,14-16H,5,7,13,17H2,1-4H3,(H,26,28). The van der Waals surface area contributed by atoms with Gasteiger partial charge >= 0.3 is 0 Å². The molecule has 1 amide bonds. The van der Waals surface area contributed by atoms with Gasteiger partial charge in [0.05, 0.1) is 45.3 Å². The van der Waals surface area contributed by atoms with Crippen molar-refractivity contribution < 1.29 is 36.6 Å². The number of hydrogen-bond donors (Lipinski definition) is 1. The van der Waals surface area contributed by atoms with E-state index in [1.165, 1.54) is 52.7 Å². The Morgan fingerprint density at radius 3 is 2.28 bits per heavy atom. The number of anilines is 1. The van der Waals surface area contributed by atoms with Crippen LogP contribution < -0.4 is 28.6 Å². The zero-order chi connectivity index (χ0) is 26.1. The summed E-state index contributed by atoms with van der Waals surface area (Å²) in [6.45, 7) is -0.139. The van der Waals surface area contributed by atoms with E-state index in [1.807, 2.05) is 6.07 Å². The van der Waals surface area contributed by atoms with Crippen LogP contribution in [0, 0.1) is 0 Å². The van der Waals surface area contributed by atoms with Crippen LogP contribution in [0.25, 0.3) is 0 Å². The summed E-state index contributed by atoms with van der Waals surface area (Å²) < 4.78 is 55.1. The fraction of sp³-hybridized carbons (Fsp3) is 0.320. The molecule has 10 nitrogen and oxygen atoms in total. The first-order valence-electron chi connectivity index (χ1n) is 11.1. The highest BCUT2D eigenvalue weighted by Crippen LogP contribution is 2.37. The van der Waals surface area contributed by atoms with E-state index >= 15 is 0 Å². The predicted octanol–water partition coefficient (Wildman–Crippen LogP) is 3.26. The molecule has 0 aliphatic carbocycles. The van der Waals surface area contributed by atoms with Crippen molar-refractivity contribution in [3.05, 3.63) is 60.6 Å². The molecule has 0 saturated heterocycles. The van der Waals surface area contributed by atoms with E-state index in [0.29, 0.717) is 30.9 Å². The summed E-state index contributed by atoms with van der Waals surface area (Å²) in [5.41, 5.74) is 0.150. The number of ether oxygens (including phenoxy) is 4. The minimum absolute atomic E-state index is 0.0874. The molecule has 1 heterocycles. The SMILES string of the molecule is COc1ccc(OC)c(N(CC(=O)NCCCc2ccco2)S(=O)(=O)c2ccc(OC)c(OC)c2)c1. The molecule has 194 valence electrons. The average molecular weight is 519 g/mol. The lowest BCUT2D eigenvalue weighted by atomic mass is 10.2. The Bertz CT molecular complexity index is 1260. The Hall–Kier alpha value is -3.86. The molecule has 0 unspecified atom stereocenters. The number of amides is 1. The maximum atomic E-state index is 13.8. The number of rotatable bonds is 13. The Balaban J connectivity index is 1.92. The first-order valence-corrected chi connectivity index (χ1v) is 12.5. The fourth-order valence-corrected chi connectivity index (χ4v) is 4.97. The number of nitrogens with one attached hydrogen (secondary N) is 1. The Morgan fingerprint density at radius 2 is 1.64 bits per heavy atom. The van der Waals surface area contributed by atoms with Crippen molar-refractivity contribution in [3.8, 4) is 23.0 Å². The highest BCUT2D eigenvalue weighted by molar-refractivity contribution is 7.92. The zero-order valence-electron chi connectivity index (χ0n) is 20.6. The van der Waals surface area contributed by atoms with E-state index < -0.39 is 22.5 Å². The second kappa shape index (κ2) is 12.2. The Labute approximate surface area is 210 Å². The van der Waals surface area contributed by atoms with Gasteiger partial charge in [-0.05, 0) is 42.8 Å². The second-order valence-electron chi connectivity index (χ2n) is 7.60. The highest BCUT2D eigenvalue weighted by atomic mass is 32.2. The van der Waals surface area contributed by atoms with Gasteiger partial charge in [-0.2, -0.15) is 0 Å². The van der Waals surface area contributed by atoms with Crippen LogP contribution in [0.4, 0.5) is 5.69 Å². The van der Waals surface area contributed by atoms with Crippen molar-refractivity contribution in [3.63, 3.8) is 0 Å². The van der Waals surface area contributed by atoms with E-state index in [2.05, 4.69) is 5.32 Å². The van der Waals surface area contributed by atoms with Crippen LogP contribution in [-0.2, 0) is 21.2 Å². The van der Waals surface area contributed by atoms with E-state index in [-0.39, 0.29) is 22.1 Å². The van der Waals surface area contributed by atoms with Crippen molar-refractivity contribution in [1.29, 1.82) is 0 Å². The highest BCUT2D eigenvalue weighted by Gasteiger charge is 2.31. The number of carbonyl (C=O) groups is 1. The van der Waals surface area contributed by atoms with Crippen LogP contribution in [0.3, 0.4) is 0 Å². The number of furan rings is 1. The number of hydrogen-bond acceptors (Lipinski definition) is 8. The van der Waals surface area contributed by atoms with Gasteiger partial charge in [-0.15, -0.1) is 0 Å². The van der Waals surface area contributed by atoms with Gasteiger partial charge in [0.1, 0.15) is 23.8 Å². The quantitative estimate of drug-likeness (QED) is 0.343. The van der Waals surface area contributed by atoms with E-state index in [9.17, 15) is 13.2 Å². The normalized spacial score (nSPS) is 11.0. The molecule has 3 aromatic rings. The minimum Gasteiger partial charge on any atom is -0.497 e. The van der Waals surface area contributed by atoms with Crippen LogP contribution in [0.15, 0.2) is 64.1 Å². The van der Waals surface area contributed by atoms with Crippen LogP contribution in [0.5, 0.6) is 23.0 Å². The zero-order valence-corrected chi connectivity index (χ0v) is 21.5. The summed E-state index contributed by atoms with van der Waals surface area (Å²) in [7, 11) is 1.50. The smallest absolute Gasteiger partial charge is 0.265 e. The fourth-order valence-electron chi connectivity index (χ4n) is 3.53. The maximum Gasteiger partial charge on any atom is 0.265 e. The molecule has 0 aliphatic rings. The van der Waals surface area contributed by atoms with Gasteiger partial charge in [0, 0.05) is 25.1 Å². The molecular weight excluding hydrogens is 488 g/mol. The largest absolute Gasteiger partial charge is 0.497 e. The van der Waals surface area contributed by atoms with Gasteiger partial charge < -0.3 is 28.7 Å². The van der Waals surface area contributed by atoms with Gasteiger partial charge in [0.25, 0.3) is 10.0 Å². The number of benzene rings is 2. The number of nitrogens with zero attached hydrogens (tertiary/aromatic N) is 1. The molecule has 2 aromatic carbocycles. The van der Waals surface area contributed by atoms with Crippen molar-refractivity contribution in [2.24, 2.45) is 0 Å². The monoisotopic (exact) mass is 518 g/mol. The summed E-state index contributed by atoms with van der Waals surface area (Å²) in [6.07, 6.45) is 2.86. The van der Waals surface area contributed by atoms with Crippen LogP contribution in [0.1, 0.15) is 12.2 Å². The Kier molecular flexibility index (Phi) is 9.07. The van der Waals surface area contributed by atoms with Gasteiger partial charge in [0.15, 0.2) is 11.5 Å². The molecule has 0 radical (unpaired) electrons. The van der Waals surface area contributed by atoms with E-state index in [4.69, 9.17) is 23.4 Å². The van der Waals surface area contributed by atoms with Gasteiger partial charge in [-0.3, -0.25) is 9.10 Å². The van der Waals surface area contributed by atoms with Crippen molar-refractivity contribution in [2.75, 3.05) is 45.8 Å². The van der Waals surface area contributed by atoms with Crippen LogP contribution >= 0.6 is 0 Å².